The van der Waals surface area contributed by atoms with Crippen molar-refractivity contribution >= 4 is 11.6 Å². The second-order valence-electron chi connectivity index (χ2n) is 3.94. The molecule has 2 N–H and O–H groups in total. The lowest BCUT2D eigenvalue weighted by Crippen LogP contribution is -2.19. The van der Waals surface area contributed by atoms with E-state index in [0.29, 0.717) is 5.69 Å². The first kappa shape index (κ1) is 12.0. The van der Waals surface area contributed by atoms with Gasteiger partial charge in [0.1, 0.15) is 0 Å². The van der Waals surface area contributed by atoms with Crippen molar-refractivity contribution in [3.63, 3.8) is 0 Å². The zero-order valence-corrected chi connectivity index (χ0v) is 10.3. The Bertz CT molecular complexity index is 572. The van der Waals surface area contributed by atoms with Crippen molar-refractivity contribution in [1.82, 2.24) is 15.6 Å². The third kappa shape index (κ3) is 2.82. The molecule has 0 aliphatic carbocycles. The van der Waals surface area contributed by atoms with Gasteiger partial charge in [-0.15, -0.1) is 0 Å². The molecule has 5 nitrogen and oxygen atoms in total. The van der Waals surface area contributed by atoms with Gasteiger partial charge in [0.15, 0.2) is 5.69 Å². The second-order valence-corrected chi connectivity index (χ2v) is 3.94. The monoisotopic (exact) mass is 242 g/mol. The Balaban J connectivity index is 2.05. The largest absolute Gasteiger partial charge is 0.291 e. The van der Waals surface area contributed by atoms with Crippen molar-refractivity contribution in [3.05, 3.63) is 53.3 Å². The second kappa shape index (κ2) is 5.27. The van der Waals surface area contributed by atoms with E-state index in [2.05, 4.69) is 20.7 Å². The Morgan fingerprint density at radius 3 is 2.67 bits per heavy atom. The van der Waals surface area contributed by atoms with Gasteiger partial charge in [-0.3, -0.25) is 9.89 Å². The average molecular weight is 242 g/mol. The Labute approximate surface area is 105 Å². The first-order valence-corrected chi connectivity index (χ1v) is 5.59. The van der Waals surface area contributed by atoms with Crippen molar-refractivity contribution < 1.29 is 4.79 Å². The molecular weight excluding hydrogens is 228 g/mol. The van der Waals surface area contributed by atoms with E-state index >= 15 is 0 Å². The van der Waals surface area contributed by atoms with Crippen LogP contribution in [-0.4, -0.2) is 21.8 Å². The molecule has 2 rings (SSSR count). The number of hydrogen-bond acceptors (Lipinski definition) is 3. The van der Waals surface area contributed by atoms with E-state index in [1.54, 1.807) is 6.07 Å². The number of benzene rings is 1. The van der Waals surface area contributed by atoms with Gasteiger partial charge in [-0.05, 0) is 25.5 Å². The SMILES string of the molecule is CC(=NNC(=O)c1cc(C)[nH]n1)c1ccccc1. The minimum Gasteiger partial charge on any atom is -0.282 e. The number of aromatic amines is 1. The molecular formula is C13H14N4O. The van der Waals surface area contributed by atoms with E-state index in [0.717, 1.165) is 17.0 Å². The molecule has 0 aliphatic heterocycles. The maximum Gasteiger partial charge on any atom is 0.291 e. The summed E-state index contributed by atoms with van der Waals surface area (Å²) in [7, 11) is 0. The molecule has 0 fully saturated rings. The van der Waals surface area contributed by atoms with Crippen LogP contribution in [0.1, 0.15) is 28.7 Å². The summed E-state index contributed by atoms with van der Waals surface area (Å²) >= 11 is 0. The van der Waals surface area contributed by atoms with Gasteiger partial charge in [-0.2, -0.15) is 10.2 Å². The molecule has 0 atom stereocenters. The Kier molecular flexibility index (Phi) is 3.52. The van der Waals surface area contributed by atoms with Crippen LogP contribution in [-0.2, 0) is 0 Å². The third-order valence-electron chi connectivity index (χ3n) is 2.46. The van der Waals surface area contributed by atoms with Crippen LogP contribution in [0.5, 0.6) is 0 Å². The highest BCUT2D eigenvalue weighted by atomic mass is 16.2. The summed E-state index contributed by atoms with van der Waals surface area (Å²) in [6.07, 6.45) is 0. The fourth-order valence-corrected chi connectivity index (χ4v) is 1.47. The molecule has 0 saturated carbocycles. The predicted octanol–water partition coefficient (Wildman–Crippen LogP) is 1.87. The first-order chi connectivity index (χ1) is 8.66. The predicted molar refractivity (Wildman–Crippen MR) is 69.4 cm³/mol. The van der Waals surface area contributed by atoms with Crippen molar-refractivity contribution in [2.45, 2.75) is 13.8 Å². The van der Waals surface area contributed by atoms with Crippen molar-refractivity contribution in [3.8, 4) is 0 Å². The van der Waals surface area contributed by atoms with Gasteiger partial charge in [0.25, 0.3) is 5.91 Å². The minimum absolute atomic E-state index is 0.324. The molecule has 92 valence electrons. The van der Waals surface area contributed by atoms with Gasteiger partial charge in [0, 0.05) is 5.69 Å². The van der Waals surface area contributed by atoms with Gasteiger partial charge in [0.2, 0.25) is 0 Å². The van der Waals surface area contributed by atoms with Gasteiger partial charge in [-0.25, -0.2) is 5.43 Å². The number of aryl methyl sites for hydroxylation is 1. The van der Waals surface area contributed by atoms with E-state index in [1.807, 2.05) is 44.2 Å². The van der Waals surface area contributed by atoms with Crippen LogP contribution in [0, 0.1) is 6.92 Å². The van der Waals surface area contributed by atoms with Crippen LogP contribution in [0.2, 0.25) is 0 Å². The maximum atomic E-state index is 11.7. The molecule has 0 spiro atoms. The molecule has 1 heterocycles. The molecule has 0 aliphatic rings. The molecule has 18 heavy (non-hydrogen) atoms. The van der Waals surface area contributed by atoms with Gasteiger partial charge in [0.05, 0.1) is 5.71 Å². The summed E-state index contributed by atoms with van der Waals surface area (Å²) in [4.78, 5) is 11.7. The lowest BCUT2D eigenvalue weighted by molar-refractivity contribution is 0.0950. The number of carbonyl (C=O) groups excluding carboxylic acids is 1. The third-order valence-corrected chi connectivity index (χ3v) is 2.46. The van der Waals surface area contributed by atoms with E-state index in [1.165, 1.54) is 0 Å². The fraction of sp³-hybridized carbons (Fsp3) is 0.154. The quantitative estimate of drug-likeness (QED) is 0.637. The van der Waals surface area contributed by atoms with E-state index < -0.39 is 0 Å². The normalized spacial score (nSPS) is 11.3. The zero-order chi connectivity index (χ0) is 13.0. The molecule has 2 aromatic rings. The highest BCUT2D eigenvalue weighted by Crippen LogP contribution is 2.01. The Morgan fingerprint density at radius 1 is 1.33 bits per heavy atom. The Hall–Kier alpha value is -2.43. The average Bonchev–Trinajstić information content (AvgIpc) is 2.83. The maximum absolute atomic E-state index is 11.7. The number of H-pyrrole nitrogens is 1. The number of aromatic nitrogens is 2. The lowest BCUT2D eigenvalue weighted by atomic mass is 10.1. The molecule has 5 heteroatoms. The minimum atomic E-state index is -0.324. The van der Waals surface area contributed by atoms with Crippen LogP contribution in [0.25, 0.3) is 0 Å². The fourth-order valence-electron chi connectivity index (χ4n) is 1.47. The molecule has 1 aromatic carbocycles. The number of hydrogen-bond donors (Lipinski definition) is 2. The van der Waals surface area contributed by atoms with E-state index in [-0.39, 0.29) is 5.91 Å². The topological polar surface area (TPSA) is 70.1 Å². The molecule has 0 saturated heterocycles. The molecule has 0 unspecified atom stereocenters. The van der Waals surface area contributed by atoms with Crippen LogP contribution in [0.4, 0.5) is 0 Å². The summed E-state index contributed by atoms with van der Waals surface area (Å²) in [5.41, 5.74) is 5.36. The summed E-state index contributed by atoms with van der Waals surface area (Å²) < 4.78 is 0. The van der Waals surface area contributed by atoms with E-state index in [9.17, 15) is 4.79 Å². The molecule has 0 radical (unpaired) electrons. The number of nitrogens with one attached hydrogen (secondary N) is 2. The van der Waals surface area contributed by atoms with Gasteiger partial charge < -0.3 is 0 Å². The lowest BCUT2D eigenvalue weighted by Gasteiger charge is -2.00. The highest BCUT2D eigenvalue weighted by Gasteiger charge is 2.08. The zero-order valence-electron chi connectivity index (χ0n) is 10.3. The summed E-state index contributed by atoms with van der Waals surface area (Å²) in [5.74, 6) is -0.324. The van der Waals surface area contributed by atoms with Crippen LogP contribution < -0.4 is 5.43 Å². The highest BCUT2D eigenvalue weighted by molar-refractivity contribution is 6.00. The van der Waals surface area contributed by atoms with Crippen LogP contribution >= 0.6 is 0 Å². The number of amides is 1. The standard InChI is InChI=1S/C13H14N4O/c1-9-8-12(16-14-9)13(18)17-15-10(2)11-6-4-3-5-7-11/h3-8H,1-2H3,(H,14,16)(H,17,18). The summed E-state index contributed by atoms with van der Waals surface area (Å²) in [6, 6.07) is 11.3. The summed E-state index contributed by atoms with van der Waals surface area (Å²) in [5, 5.41) is 10.6. The van der Waals surface area contributed by atoms with Gasteiger partial charge in [-0.1, -0.05) is 30.3 Å². The van der Waals surface area contributed by atoms with E-state index in [4.69, 9.17) is 0 Å². The van der Waals surface area contributed by atoms with Crippen molar-refractivity contribution in [2.24, 2.45) is 5.10 Å². The van der Waals surface area contributed by atoms with Crippen LogP contribution in [0.15, 0.2) is 41.5 Å². The summed E-state index contributed by atoms with van der Waals surface area (Å²) in [6.45, 7) is 3.67. The number of rotatable bonds is 3. The number of nitrogens with zero attached hydrogens (tertiary/aromatic N) is 2. The molecule has 1 aromatic heterocycles. The van der Waals surface area contributed by atoms with Crippen LogP contribution in [0.3, 0.4) is 0 Å². The first-order valence-electron chi connectivity index (χ1n) is 5.59. The Morgan fingerprint density at radius 2 is 2.06 bits per heavy atom. The molecule has 1 amide bonds. The number of hydrazone groups is 1. The smallest absolute Gasteiger partial charge is 0.282 e. The van der Waals surface area contributed by atoms with Gasteiger partial charge >= 0.3 is 0 Å². The van der Waals surface area contributed by atoms with Crippen molar-refractivity contribution in [1.29, 1.82) is 0 Å². The van der Waals surface area contributed by atoms with Crippen molar-refractivity contribution in [2.75, 3.05) is 0 Å². The molecule has 0 bridgehead atoms. The number of carbonyl (C=O) groups is 1.